The molecule has 5 heteroatoms. The van der Waals surface area contributed by atoms with Gasteiger partial charge in [-0.15, -0.1) is 0 Å². The monoisotopic (exact) mass is 259 g/mol. The highest BCUT2D eigenvalue weighted by atomic mass is 35.5. The largest absolute Gasteiger partial charge is 0.494 e. The molecule has 1 aromatic carbocycles. The topological polar surface area (TPSA) is 38.3 Å². The summed E-state index contributed by atoms with van der Waals surface area (Å²) in [7, 11) is 1.41. The molecule has 0 aromatic heterocycles. The number of halogens is 2. The van der Waals surface area contributed by atoms with Crippen LogP contribution in [0.5, 0.6) is 5.75 Å². The molecule has 0 saturated heterocycles. The van der Waals surface area contributed by atoms with Gasteiger partial charge in [0.15, 0.2) is 11.6 Å². The maximum atomic E-state index is 13.5. The van der Waals surface area contributed by atoms with Gasteiger partial charge in [-0.05, 0) is 29.3 Å². The van der Waals surface area contributed by atoms with Gasteiger partial charge >= 0.3 is 5.37 Å². The van der Waals surface area contributed by atoms with E-state index in [1.165, 1.54) is 13.2 Å². The molecule has 17 heavy (non-hydrogen) atoms. The number of hydrogen-bond donors (Lipinski definition) is 1. The maximum Gasteiger partial charge on any atom is 0.313 e. The summed E-state index contributed by atoms with van der Waals surface area (Å²) in [5, 5.41) is 1.89. The highest BCUT2D eigenvalue weighted by Gasteiger charge is 2.22. The SMILES string of the molecule is COc1ccc(C(C)(C)CNC(=O)Cl)cc1F. The van der Waals surface area contributed by atoms with Crippen LogP contribution in [0, 0.1) is 5.82 Å². The summed E-state index contributed by atoms with van der Waals surface area (Å²) in [4.78, 5) is 10.6. The second-order valence-corrected chi connectivity index (χ2v) is 4.70. The van der Waals surface area contributed by atoms with Crippen molar-refractivity contribution >= 4 is 17.0 Å². The number of methoxy groups -OCH3 is 1. The van der Waals surface area contributed by atoms with E-state index in [1.54, 1.807) is 12.1 Å². The Hall–Kier alpha value is -1.29. The van der Waals surface area contributed by atoms with Crippen LogP contribution in [0.3, 0.4) is 0 Å². The quantitative estimate of drug-likeness (QED) is 0.667. The van der Waals surface area contributed by atoms with Crippen LogP contribution in [-0.2, 0) is 5.41 Å². The fourth-order valence-electron chi connectivity index (χ4n) is 1.48. The molecule has 0 aliphatic carbocycles. The fraction of sp³-hybridized carbons (Fsp3) is 0.417. The zero-order valence-electron chi connectivity index (χ0n) is 10.0. The lowest BCUT2D eigenvalue weighted by molar-refractivity contribution is 0.257. The lowest BCUT2D eigenvalue weighted by Crippen LogP contribution is -2.34. The van der Waals surface area contributed by atoms with Crippen molar-refractivity contribution in [3.63, 3.8) is 0 Å². The molecule has 0 radical (unpaired) electrons. The third-order valence-electron chi connectivity index (χ3n) is 2.60. The zero-order valence-corrected chi connectivity index (χ0v) is 10.8. The molecule has 0 saturated carbocycles. The molecular weight excluding hydrogens is 245 g/mol. The molecule has 1 N–H and O–H groups in total. The predicted molar refractivity (Wildman–Crippen MR) is 65.2 cm³/mol. The number of amides is 1. The second kappa shape index (κ2) is 5.36. The Morgan fingerprint density at radius 3 is 2.65 bits per heavy atom. The highest BCUT2D eigenvalue weighted by Crippen LogP contribution is 2.27. The van der Waals surface area contributed by atoms with E-state index in [0.717, 1.165) is 5.56 Å². The van der Waals surface area contributed by atoms with Gasteiger partial charge in [-0.2, -0.15) is 0 Å². The molecule has 1 amide bonds. The summed E-state index contributed by atoms with van der Waals surface area (Å²) in [6.45, 7) is 4.11. The Balaban J connectivity index is 2.90. The molecule has 0 atom stereocenters. The van der Waals surface area contributed by atoms with Crippen LogP contribution >= 0.6 is 11.6 Å². The van der Waals surface area contributed by atoms with E-state index in [9.17, 15) is 9.18 Å². The van der Waals surface area contributed by atoms with Gasteiger partial charge in [0.1, 0.15) is 0 Å². The first-order valence-electron chi connectivity index (χ1n) is 5.14. The number of hydrogen-bond acceptors (Lipinski definition) is 2. The van der Waals surface area contributed by atoms with Crippen LogP contribution in [-0.4, -0.2) is 19.0 Å². The lowest BCUT2D eigenvalue weighted by Gasteiger charge is -2.25. The first-order valence-corrected chi connectivity index (χ1v) is 5.52. The summed E-state index contributed by atoms with van der Waals surface area (Å²) in [6, 6.07) is 4.73. The van der Waals surface area contributed by atoms with Gasteiger partial charge in [0, 0.05) is 12.0 Å². The Morgan fingerprint density at radius 1 is 1.53 bits per heavy atom. The number of rotatable bonds is 4. The average Bonchev–Trinajstić information content (AvgIpc) is 2.26. The van der Waals surface area contributed by atoms with Crippen LogP contribution in [0.1, 0.15) is 19.4 Å². The minimum Gasteiger partial charge on any atom is -0.494 e. The van der Waals surface area contributed by atoms with Gasteiger partial charge in [0.05, 0.1) is 7.11 Å². The highest BCUT2D eigenvalue weighted by molar-refractivity contribution is 6.62. The fourth-order valence-corrected chi connectivity index (χ4v) is 1.55. The minimum absolute atomic E-state index is 0.200. The van der Waals surface area contributed by atoms with Gasteiger partial charge in [-0.25, -0.2) is 4.39 Å². The Morgan fingerprint density at radius 2 is 2.18 bits per heavy atom. The van der Waals surface area contributed by atoms with Crippen molar-refractivity contribution in [2.75, 3.05) is 13.7 Å². The van der Waals surface area contributed by atoms with Gasteiger partial charge < -0.3 is 10.1 Å². The van der Waals surface area contributed by atoms with E-state index in [1.807, 2.05) is 13.8 Å². The molecule has 0 unspecified atom stereocenters. The summed E-state index contributed by atoms with van der Waals surface area (Å²) in [6.07, 6.45) is 0. The number of nitrogens with one attached hydrogen (secondary N) is 1. The summed E-state index contributed by atoms with van der Waals surface area (Å²) < 4.78 is 18.4. The Kier molecular flexibility index (Phi) is 4.34. The third kappa shape index (κ3) is 3.60. The zero-order chi connectivity index (χ0) is 13.1. The predicted octanol–water partition coefficient (Wildman–Crippen LogP) is 3.06. The normalized spacial score (nSPS) is 11.1. The maximum absolute atomic E-state index is 13.5. The molecule has 1 rings (SSSR count). The van der Waals surface area contributed by atoms with Crippen molar-refractivity contribution in [3.8, 4) is 5.75 Å². The molecule has 3 nitrogen and oxygen atoms in total. The lowest BCUT2D eigenvalue weighted by atomic mass is 9.84. The molecule has 0 fully saturated rings. The van der Waals surface area contributed by atoms with E-state index in [4.69, 9.17) is 16.3 Å². The third-order valence-corrected chi connectivity index (χ3v) is 2.74. The molecular formula is C12H15ClFNO2. The first kappa shape index (κ1) is 13.8. The Labute approximate surface area is 105 Å². The van der Waals surface area contributed by atoms with Gasteiger partial charge in [-0.1, -0.05) is 19.9 Å². The average molecular weight is 260 g/mol. The van der Waals surface area contributed by atoms with Crippen LogP contribution in [0.2, 0.25) is 0 Å². The molecule has 0 spiro atoms. The molecule has 0 bridgehead atoms. The number of carbonyl (C=O) groups is 1. The number of carbonyl (C=O) groups excluding carboxylic acids is 1. The first-order chi connectivity index (χ1) is 7.86. The van der Waals surface area contributed by atoms with Gasteiger partial charge in [-0.3, -0.25) is 4.79 Å². The standard InChI is InChI=1S/C12H15ClFNO2/c1-12(2,7-15-11(13)16)8-4-5-10(17-3)9(14)6-8/h4-6H,7H2,1-3H3,(H,15,16). The van der Waals surface area contributed by atoms with E-state index < -0.39 is 16.6 Å². The Bertz CT molecular complexity index is 421. The number of ether oxygens (including phenoxy) is 1. The minimum atomic E-state index is -0.618. The van der Waals surface area contributed by atoms with Crippen LogP contribution in [0.25, 0.3) is 0 Å². The van der Waals surface area contributed by atoms with E-state index in [2.05, 4.69) is 5.32 Å². The van der Waals surface area contributed by atoms with Crippen molar-refractivity contribution < 1.29 is 13.9 Å². The van der Waals surface area contributed by atoms with E-state index >= 15 is 0 Å². The van der Waals surface area contributed by atoms with Crippen molar-refractivity contribution in [1.82, 2.24) is 5.32 Å². The smallest absolute Gasteiger partial charge is 0.313 e. The molecule has 0 aliphatic rings. The molecule has 1 aromatic rings. The molecule has 94 valence electrons. The summed E-state index contributed by atoms with van der Waals surface area (Å²) >= 11 is 5.21. The summed E-state index contributed by atoms with van der Waals surface area (Å²) in [5.74, 6) is -0.221. The second-order valence-electron chi connectivity index (χ2n) is 4.36. The van der Waals surface area contributed by atoms with Crippen LogP contribution in [0.15, 0.2) is 18.2 Å². The van der Waals surface area contributed by atoms with Crippen LogP contribution in [0.4, 0.5) is 9.18 Å². The van der Waals surface area contributed by atoms with E-state index in [-0.39, 0.29) is 5.75 Å². The van der Waals surface area contributed by atoms with Crippen molar-refractivity contribution in [3.05, 3.63) is 29.6 Å². The molecule has 0 heterocycles. The van der Waals surface area contributed by atoms with Gasteiger partial charge in [0.25, 0.3) is 0 Å². The van der Waals surface area contributed by atoms with Crippen LogP contribution < -0.4 is 10.1 Å². The van der Waals surface area contributed by atoms with Crippen molar-refractivity contribution in [1.29, 1.82) is 0 Å². The van der Waals surface area contributed by atoms with E-state index in [0.29, 0.717) is 6.54 Å². The summed E-state index contributed by atoms with van der Waals surface area (Å²) in [5.41, 5.74) is 0.360. The van der Waals surface area contributed by atoms with Gasteiger partial charge in [0.2, 0.25) is 0 Å². The number of benzene rings is 1. The molecule has 0 aliphatic heterocycles. The van der Waals surface area contributed by atoms with Crippen molar-refractivity contribution in [2.24, 2.45) is 0 Å². The van der Waals surface area contributed by atoms with Crippen molar-refractivity contribution in [2.45, 2.75) is 19.3 Å².